The molecule has 0 bridgehead atoms. The van der Waals surface area contributed by atoms with Crippen LogP contribution in [0.5, 0.6) is 11.5 Å². The summed E-state index contributed by atoms with van der Waals surface area (Å²) in [6.45, 7) is 3.16. The van der Waals surface area contributed by atoms with Crippen LogP contribution in [0.2, 0.25) is 0 Å². The van der Waals surface area contributed by atoms with Gasteiger partial charge in [0.15, 0.2) is 12.6 Å². The van der Waals surface area contributed by atoms with E-state index in [0.717, 1.165) is 32.7 Å². The Balaban J connectivity index is 2.13. The average Bonchev–Trinajstić information content (AvgIpc) is 2.67. The molecule has 0 amide bonds. The van der Waals surface area contributed by atoms with Crippen molar-refractivity contribution < 1.29 is 19.7 Å². The number of aliphatic hydroxyl groups excluding tert-OH is 2. The van der Waals surface area contributed by atoms with E-state index >= 15 is 0 Å². The molecule has 0 fully saturated rings. The van der Waals surface area contributed by atoms with E-state index < -0.39 is 12.6 Å². The van der Waals surface area contributed by atoms with Crippen LogP contribution in [0.4, 0.5) is 0 Å². The maximum absolute atomic E-state index is 9.88. The summed E-state index contributed by atoms with van der Waals surface area (Å²) in [5.74, 6) is 1.11. The van der Waals surface area contributed by atoms with Gasteiger partial charge in [0, 0.05) is 11.1 Å². The molecule has 4 heteroatoms. The lowest BCUT2D eigenvalue weighted by Gasteiger charge is -2.21. The topological polar surface area (TPSA) is 58.9 Å². The molecule has 2 atom stereocenters. The van der Waals surface area contributed by atoms with Gasteiger partial charge in [0.25, 0.3) is 0 Å². The van der Waals surface area contributed by atoms with Crippen molar-refractivity contribution in [1.82, 2.24) is 0 Å². The Kier molecular flexibility index (Phi) is 4.90. The Bertz CT molecular complexity index is 1040. The van der Waals surface area contributed by atoms with Gasteiger partial charge in [-0.15, -0.1) is 0 Å². The van der Waals surface area contributed by atoms with Crippen LogP contribution in [0.3, 0.4) is 0 Å². The molecular weight excluding hydrogens is 352 g/mol. The molecule has 0 aliphatic carbocycles. The van der Waals surface area contributed by atoms with Gasteiger partial charge in [-0.25, -0.2) is 0 Å². The molecule has 4 aromatic carbocycles. The number of fused-ring (bicyclic) bond motifs is 2. The summed E-state index contributed by atoms with van der Waals surface area (Å²) < 4.78 is 11.5. The number of ether oxygens (including phenoxy) is 2. The first kappa shape index (κ1) is 18.3. The molecule has 0 saturated heterocycles. The number of benzene rings is 4. The lowest BCUT2D eigenvalue weighted by molar-refractivity contribution is -0.00169. The molecule has 0 radical (unpaired) electrons. The van der Waals surface area contributed by atoms with Gasteiger partial charge in [0.1, 0.15) is 11.5 Å². The zero-order valence-corrected chi connectivity index (χ0v) is 15.8. The largest absolute Gasteiger partial charge is 0.465 e. The van der Waals surface area contributed by atoms with Crippen molar-refractivity contribution in [2.75, 3.05) is 0 Å². The summed E-state index contributed by atoms with van der Waals surface area (Å²) in [6, 6.07) is 23.7. The summed E-state index contributed by atoms with van der Waals surface area (Å²) >= 11 is 0. The van der Waals surface area contributed by atoms with E-state index in [9.17, 15) is 10.2 Å². The molecule has 4 rings (SSSR count). The summed E-state index contributed by atoms with van der Waals surface area (Å²) in [6.07, 6.45) is -1.92. The van der Waals surface area contributed by atoms with Crippen molar-refractivity contribution in [3.05, 3.63) is 72.8 Å². The van der Waals surface area contributed by atoms with Crippen molar-refractivity contribution in [2.45, 2.75) is 26.4 Å². The van der Waals surface area contributed by atoms with E-state index in [0.29, 0.717) is 11.5 Å². The quantitative estimate of drug-likeness (QED) is 0.478. The molecule has 0 spiro atoms. The minimum absolute atomic E-state index is 0.556. The Morgan fingerprint density at radius 2 is 0.964 bits per heavy atom. The first-order valence-electron chi connectivity index (χ1n) is 9.28. The zero-order chi connectivity index (χ0) is 19.7. The molecule has 4 nitrogen and oxygen atoms in total. The zero-order valence-electron chi connectivity index (χ0n) is 15.8. The highest BCUT2D eigenvalue weighted by Gasteiger charge is 2.20. The second kappa shape index (κ2) is 7.50. The molecule has 0 aliphatic rings. The molecule has 0 heterocycles. The van der Waals surface area contributed by atoms with Crippen molar-refractivity contribution in [1.29, 1.82) is 0 Å². The summed E-state index contributed by atoms with van der Waals surface area (Å²) in [4.78, 5) is 0. The van der Waals surface area contributed by atoms with Gasteiger partial charge in [-0.05, 0) is 47.5 Å². The molecular formula is C24H22O4. The highest BCUT2D eigenvalue weighted by atomic mass is 16.6. The minimum atomic E-state index is -0.962. The number of hydrogen-bond donors (Lipinski definition) is 2. The average molecular weight is 374 g/mol. The van der Waals surface area contributed by atoms with Crippen LogP contribution in [-0.4, -0.2) is 22.8 Å². The fraction of sp³-hybridized carbons (Fsp3) is 0.167. The van der Waals surface area contributed by atoms with Crippen molar-refractivity contribution in [2.24, 2.45) is 0 Å². The van der Waals surface area contributed by atoms with Gasteiger partial charge in [-0.1, -0.05) is 60.7 Å². The highest BCUT2D eigenvalue weighted by molar-refractivity contribution is 6.09. The normalized spacial score (nSPS) is 13.4. The third kappa shape index (κ3) is 3.40. The van der Waals surface area contributed by atoms with Gasteiger partial charge < -0.3 is 19.7 Å². The summed E-state index contributed by atoms with van der Waals surface area (Å²) in [5, 5.41) is 23.8. The SMILES string of the molecule is CC(O)Oc1ccc2ccccc2c1-c1c(OC(C)O)ccc2ccccc12. The lowest BCUT2D eigenvalue weighted by Crippen LogP contribution is -2.12. The van der Waals surface area contributed by atoms with Crippen LogP contribution in [0.1, 0.15) is 13.8 Å². The second-order valence-electron chi connectivity index (χ2n) is 6.75. The maximum Gasteiger partial charge on any atom is 0.194 e. The van der Waals surface area contributed by atoms with E-state index in [1.54, 1.807) is 13.8 Å². The Morgan fingerprint density at radius 3 is 1.36 bits per heavy atom. The van der Waals surface area contributed by atoms with Crippen LogP contribution in [0.15, 0.2) is 72.8 Å². The number of aliphatic hydroxyl groups is 2. The number of hydrogen-bond acceptors (Lipinski definition) is 4. The molecule has 2 unspecified atom stereocenters. The van der Waals surface area contributed by atoms with Crippen molar-refractivity contribution in [3.63, 3.8) is 0 Å². The third-order valence-corrected chi connectivity index (χ3v) is 4.63. The first-order chi connectivity index (χ1) is 13.5. The van der Waals surface area contributed by atoms with Crippen LogP contribution in [0.25, 0.3) is 32.7 Å². The van der Waals surface area contributed by atoms with Crippen LogP contribution < -0.4 is 9.47 Å². The van der Waals surface area contributed by atoms with Crippen LogP contribution >= 0.6 is 0 Å². The van der Waals surface area contributed by atoms with E-state index in [-0.39, 0.29) is 0 Å². The fourth-order valence-electron chi connectivity index (χ4n) is 3.58. The molecule has 0 aliphatic heterocycles. The van der Waals surface area contributed by atoms with E-state index in [1.165, 1.54) is 0 Å². The van der Waals surface area contributed by atoms with Gasteiger partial charge >= 0.3 is 0 Å². The second-order valence-corrected chi connectivity index (χ2v) is 6.75. The maximum atomic E-state index is 9.88. The summed E-state index contributed by atoms with van der Waals surface area (Å²) in [5.41, 5.74) is 1.65. The molecule has 4 aromatic rings. The minimum Gasteiger partial charge on any atom is -0.465 e. The van der Waals surface area contributed by atoms with Crippen LogP contribution in [-0.2, 0) is 0 Å². The van der Waals surface area contributed by atoms with Gasteiger partial charge in [0.2, 0.25) is 0 Å². The van der Waals surface area contributed by atoms with Gasteiger partial charge in [0.05, 0.1) is 0 Å². The van der Waals surface area contributed by atoms with Crippen molar-refractivity contribution in [3.8, 4) is 22.6 Å². The summed E-state index contributed by atoms with van der Waals surface area (Å²) in [7, 11) is 0. The molecule has 28 heavy (non-hydrogen) atoms. The standard InChI is InChI=1S/C24H22O4/c1-15(25)27-21-13-11-17-7-3-5-9-19(17)23(21)24-20-10-6-4-8-18(20)12-14-22(24)28-16(2)26/h3-16,25-26H,1-2H3. The Hall–Kier alpha value is -3.08. The van der Waals surface area contributed by atoms with Crippen LogP contribution in [0, 0.1) is 0 Å². The number of rotatable bonds is 5. The molecule has 0 saturated carbocycles. The molecule has 142 valence electrons. The lowest BCUT2D eigenvalue weighted by atomic mass is 9.92. The molecule has 0 aromatic heterocycles. The van der Waals surface area contributed by atoms with Gasteiger partial charge in [-0.3, -0.25) is 0 Å². The van der Waals surface area contributed by atoms with E-state index in [1.807, 2.05) is 72.8 Å². The third-order valence-electron chi connectivity index (χ3n) is 4.63. The predicted octanol–water partition coefficient (Wildman–Crippen LogP) is 5.09. The fourth-order valence-corrected chi connectivity index (χ4v) is 3.58. The van der Waals surface area contributed by atoms with Gasteiger partial charge in [-0.2, -0.15) is 0 Å². The predicted molar refractivity (Wildman–Crippen MR) is 112 cm³/mol. The van der Waals surface area contributed by atoms with E-state index in [2.05, 4.69) is 0 Å². The highest BCUT2D eigenvalue weighted by Crippen LogP contribution is 2.45. The monoisotopic (exact) mass is 374 g/mol. The first-order valence-corrected chi connectivity index (χ1v) is 9.28. The smallest absolute Gasteiger partial charge is 0.194 e. The van der Waals surface area contributed by atoms with Crippen molar-refractivity contribution >= 4 is 21.5 Å². The van der Waals surface area contributed by atoms with E-state index in [4.69, 9.17) is 9.47 Å². The Morgan fingerprint density at radius 1 is 0.571 bits per heavy atom. The molecule has 2 N–H and O–H groups in total. The Labute approximate surface area is 163 Å².